The second-order valence-corrected chi connectivity index (χ2v) is 12.1. The highest BCUT2D eigenvalue weighted by Crippen LogP contribution is 2.44. The van der Waals surface area contributed by atoms with Crippen molar-refractivity contribution in [1.29, 1.82) is 0 Å². The van der Waals surface area contributed by atoms with Crippen molar-refractivity contribution in [1.82, 2.24) is 9.21 Å². The van der Waals surface area contributed by atoms with Crippen molar-refractivity contribution in [2.75, 3.05) is 31.9 Å². The summed E-state index contributed by atoms with van der Waals surface area (Å²) in [6, 6.07) is 2.50. The van der Waals surface area contributed by atoms with E-state index in [-0.39, 0.29) is 75.3 Å². The molecule has 0 spiro atoms. The minimum Gasteiger partial charge on any atom is -0.392 e. The summed E-state index contributed by atoms with van der Waals surface area (Å²) in [5, 5.41) is 9.15. The Morgan fingerprint density at radius 3 is 2.19 bits per heavy atom. The first-order valence-corrected chi connectivity index (χ1v) is 13.7. The zero-order chi connectivity index (χ0) is 26.9. The van der Waals surface area contributed by atoms with Gasteiger partial charge in [-0.15, -0.1) is 0 Å². The molecule has 0 bridgehead atoms. The topological polar surface area (TPSA) is 77.9 Å². The molecule has 2 fully saturated rings. The molecule has 3 rings (SSSR count). The van der Waals surface area contributed by atoms with Gasteiger partial charge in [0.2, 0.25) is 15.9 Å². The Balaban J connectivity index is 1.73. The zero-order valence-corrected chi connectivity index (χ0v) is 21.4. The number of aliphatic hydroxyl groups is 1. The van der Waals surface area contributed by atoms with Crippen molar-refractivity contribution >= 4 is 27.4 Å². The average Bonchev–Trinajstić information content (AvgIpc) is 2.77. The second kappa shape index (κ2) is 10.8. The number of nitrogens with zero attached hydrogens (tertiary/aromatic N) is 2. The Morgan fingerprint density at radius 1 is 1.11 bits per heavy atom. The Hall–Kier alpha value is -1.34. The van der Waals surface area contributed by atoms with Crippen LogP contribution in [0.3, 0.4) is 0 Å². The molecule has 1 aromatic rings. The lowest BCUT2D eigenvalue weighted by molar-refractivity contribution is -0.137. The average molecular weight is 561 g/mol. The third-order valence-corrected chi connectivity index (χ3v) is 9.45. The van der Waals surface area contributed by atoms with Crippen LogP contribution in [0.1, 0.15) is 61.4 Å². The summed E-state index contributed by atoms with van der Waals surface area (Å²) in [5.74, 6) is -3.72. The number of piperazine rings is 1. The number of alkyl halides is 5. The van der Waals surface area contributed by atoms with Gasteiger partial charge in [0, 0.05) is 56.5 Å². The van der Waals surface area contributed by atoms with Crippen molar-refractivity contribution in [3.05, 3.63) is 34.3 Å². The van der Waals surface area contributed by atoms with E-state index in [4.69, 9.17) is 11.6 Å². The van der Waals surface area contributed by atoms with Crippen LogP contribution >= 0.6 is 11.6 Å². The van der Waals surface area contributed by atoms with Crippen LogP contribution in [0.15, 0.2) is 18.2 Å². The minimum atomic E-state index is -4.60. The molecule has 2 aliphatic rings. The number of sulfonamides is 1. The molecule has 1 heterocycles. The Kier molecular flexibility index (Phi) is 8.77. The lowest BCUT2D eigenvalue weighted by Gasteiger charge is -2.51. The van der Waals surface area contributed by atoms with Gasteiger partial charge in [-0.25, -0.2) is 17.2 Å². The van der Waals surface area contributed by atoms with Gasteiger partial charge in [0.25, 0.3) is 0 Å². The van der Waals surface area contributed by atoms with E-state index in [1.54, 1.807) is 0 Å². The van der Waals surface area contributed by atoms with Gasteiger partial charge in [-0.3, -0.25) is 9.69 Å². The number of Topliss-reactive ketones (excluding diaryl/α,β-unsaturated/α-hetero) is 1. The van der Waals surface area contributed by atoms with E-state index in [1.165, 1.54) is 11.2 Å². The number of carbonyl (C=O) groups excluding carboxylic acids is 1. The van der Waals surface area contributed by atoms with Crippen LogP contribution in [0.25, 0.3) is 0 Å². The molecule has 0 radical (unpaired) electrons. The number of benzene rings is 1. The SMILES string of the molecule is CC(O)CS(=O)(=O)N1CCN(C2(CCC(=O)c3ccc(C(F)(F)F)cc3Cl)CCC(F)(F)CC2)CC1. The van der Waals surface area contributed by atoms with Crippen LogP contribution < -0.4 is 0 Å². The normalized spacial score (nSPS) is 22.3. The monoisotopic (exact) mass is 560 g/mol. The maximum Gasteiger partial charge on any atom is 0.416 e. The van der Waals surface area contributed by atoms with E-state index in [1.807, 2.05) is 4.90 Å². The maximum absolute atomic E-state index is 14.0. The van der Waals surface area contributed by atoms with E-state index in [9.17, 15) is 40.3 Å². The van der Waals surface area contributed by atoms with Gasteiger partial charge in [-0.2, -0.15) is 17.5 Å². The number of ketones is 1. The Morgan fingerprint density at radius 2 is 1.69 bits per heavy atom. The molecule has 6 nitrogen and oxygen atoms in total. The highest BCUT2D eigenvalue weighted by Gasteiger charge is 2.47. The van der Waals surface area contributed by atoms with Crippen LogP contribution in [-0.2, 0) is 16.2 Å². The number of hydrogen-bond donors (Lipinski definition) is 1. The number of halogens is 6. The second-order valence-electron chi connectivity index (χ2n) is 9.71. The predicted octanol–water partition coefficient (Wildman–Crippen LogP) is 4.60. The summed E-state index contributed by atoms with van der Waals surface area (Å²) in [6.07, 6.45) is -6.07. The first-order valence-electron chi connectivity index (χ1n) is 11.7. The summed E-state index contributed by atoms with van der Waals surface area (Å²) < 4.78 is 92.9. The van der Waals surface area contributed by atoms with Gasteiger partial charge in [0.05, 0.1) is 22.4 Å². The van der Waals surface area contributed by atoms with Crippen molar-refractivity contribution in [2.45, 2.75) is 69.2 Å². The summed E-state index contributed by atoms with van der Waals surface area (Å²) in [4.78, 5) is 14.8. The van der Waals surface area contributed by atoms with Gasteiger partial charge in [0.15, 0.2) is 5.78 Å². The lowest BCUT2D eigenvalue weighted by atomic mass is 9.74. The summed E-state index contributed by atoms with van der Waals surface area (Å²) >= 11 is 5.96. The van der Waals surface area contributed by atoms with Crippen molar-refractivity contribution in [2.24, 2.45) is 0 Å². The third kappa shape index (κ3) is 6.94. The fraction of sp³-hybridized carbons (Fsp3) is 0.696. The quantitative estimate of drug-likeness (QED) is 0.371. The van der Waals surface area contributed by atoms with Crippen LogP contribution in [0.2, 0.25) is 5.02 Å². The van der Waals surface area contributed by atoms with E-state index < -0.39 is 50.9 Å². The van der Waals surface area contributed by atoms with Crippen molar-refractivity contribution in [3.63, 3.8) is 0 Å². The molecule has 1 unspecified atom stereocenters. The van der Waals surface area contributed by atoms with E-state index in [0.717, 1.165) is 12.1 Å². The lowest BCUT2D eigenvalue weighted by Crippen LogP contribution is -2.60. The molecule has 0 amide bonds. The first-order chi connectivity index (χ1) is 16.5. The molecular formula is C23H30ClF5N2O4S. The molecule has 13 heteroatoms. The van der Waals surface area contributed by atoms with E-state index >= 15 is 0 Å². The van der Waals surface area contributed by atoms with Crippen LogP contribution in [0.5, 0.6) is 0 Å². The number of carbonyl (C=O) groups is 1. The Labute approximate surface area is 212 Å². The zero-order valence-electron chi connectivity index (χ0n) is 19.8. The van der Waals surface area contributed by atoms with Crippen molar-refractivity contribution in [3.8, 4) is 0 Å². The number of aliphatic hydroxyl groups excluding tert-OH is 1. The van der Waals surface area contributed by atoms with Gasteiger partial charge < -0.3 is 5.11 Å². The summed E-state index contributed by atoms with van der Waals surface area (Å²) in [7, 11) is -3.67. The third-order valence-electron chi connectivity index (χ3n) is 7.08. The van der Waals surface area contributed by atoms with Gasteiger partial charge in [-0.1, -0.05) is 11.6 Å². The highest BCUT2D eigenvalue weighted by molar-refractivity contribution is 7.89. The minimum absolute atomic E-state index is 0.0602. The largest absolute Gasteiger partial charge is 0.416 e. The Bertz CT molecular complexity index is 1050. The molecule has 1 aliphatic heterocycles. The molecule has 0 aromatic heterocycles. The smallest absolute Gasteiger partial charge is 0.392 e. The standard InChI is InChI=1S/C23H30ClF5N2O4S/c1-16(32)15-36(34,35)31-12-10-30(11-13-31)21(6-8-22(25,26)9-7-21)5-4-20(33)18-3-2-17(14-19(18)24)23(27,28)29/h2-3,14,16,32H,4-13,15H2,1H3. The van der Waals surface area contributed by atoms with Crippen LogP contribution in [0, 0.1) is 0 Å². The molecule has 1 atom stereocenters. The van der Waals surface area contributed by atoms with Gasteiger partial charge in [-0.05, 0) is 44.4 Å². The number of hydrogen-bond acceptors (Lipinski definition) is 5. The molecule has 1 aliphatic carbocycles. The van der Waals surface area contributed by atoms with Crippen LogP contribution in [0.4, 0.5) is 22.0 Å². The molecule has 1 saturated heterocycles. The first kappa shape index (κ1) is 29.2. The summed E-state index contributed by atoms with van der Waals surface area (Å²) in [5.41, 5.74) is -1.80. The number of rotatable bonds is 8. The maximum atomic E-state index is 14.0. The molecule has 1 N–H and O–H groups in total. The van der Waals surface area contributed by atoms with Gasteiger partial charge >= 0.3 is 6.18 Å². The fourth-order valence-corrected chi connectivity index (χ4v) is 6.88. The van der Waals surface area contributed by atoms with Crippen LogP contribution in [-0.4, -0.2) is 78.0 Å². The van der Waals surface area contributed by atoms with E-state index in [0.29, 0.717) is 6.07 Å². The molecule has 36 heavy (non-hydrogen) atoms. The predicted molar refractivity (Wildman–Crippen MR) is 125 cm³/mol. The highest BCUT2D eigenvalue weighted by atomic mass is 35.5. The molecule has 1 saturated carbocycles. The van der Waals surface area contributed by atoms with E-state index in [2.05, 4.69) is 0 Å². The molecule has 1 aromatic carbocycles. The molecule has 204 valence electrons. The summed E-state index contributed by atoms with van der Waals surface area (Å²) in [6.45, 7) is 2.20. The van der Waals surface area contributed by atoms with Crippen molar-refractivity contribution < 1.29 is 40.3 Å². The van der Waals surface area contributed by atoms with Gasteiger partial charge in [0.1, 0.15) is 0 Å². The fourth-order valence-electron chi connectivity index (χ4n) is 5.05. The molecular weight excluding hydrogens is 531 g/mol.